The van der Waals surface area contributed by atoms with Gasteiger partial charge in [-0.2, -0.15) is 4.31 Å². The van der Waals surface area contributed by atoms with Gasteiger partial charge in [0.2, 0.25) is 10.0 Å². The molecule has 2 fully saturated rings. The molecule has 0 radical (unpaired) electrons. The van der Waals surface area contributed by atoms with Gasteiger partial charge >= 0.3 is 0 Å². The molecule has 0 spiro atoms. The second-order valence-corrected chi connectivity index (χ2v) is 7.50. The third kappa shape index (κ3) is 2.96. The van der Waals surface area contributed by atoms with Crippen molar-refractivity contribution in [3.05, 3.63) is 29.6 Å². The number of sulfonamides is 1. The van der Waals surface area contributed by atoms with Crippen molar-refractivity contribution in [1.29, 1.82) is 0 Å². The van der Waals surface area contributed by atoms with Crippen LogP contribution in [0.3, 0.4) is 0 Å². The second-order valence-electron chi connectivity index (χ2n) is 5.59. The zero-order valence-electron chi connectivity index (χ0n) is 11.7. The van der Waals surface area contributed by atoms with Crippen molar-refractivity contribution in [2.24, 2.45) is 0 Å². The molecular weight excluding hydrogens is 295 g/mol. The quantitative estimate of drug-likeness (QED) is 0.892. The highest BCUT2D eigenvalue weighted by Crippen LogP contribution is 2.29. The smallest absolute Gasteiger partial charge is 0.246 e. The molecule has 1 N–H and O–H groups in total. The molecule has 0 unspecified atom stereocenters. The molecule has 0 bridgehead atoms. The third-order valence-electron chi connectivity index (χ3n) is 4.13. The monoisotopic (exact) mass is 314 g/mol. The molecule has 1 aromatic carbocycles. The van der Waals surface area contributed by atoms with Crippen LogP contribution < -0.4 is 0 Å². The molecule has 1 aliphatic heterocycles. The molecule has 1 heterocycles. The summed E-state index contributed by atoms with van der Waals surface area (Å²) >= 11 is 0. The predicted molar refractivity (Wildman–Crippen MR) is 75.7 cm³/mol. The maximum absolute atomic E-state index is 13.9. The zero-order chi connectivity index (χ0) is 15.0. The Morgan fingerprint density at radius 2 is 1.86 bits per heavy atom. The van der Waals surface area contributed by atoms with E-state index in [1.54, 1.807) is 0 Å². The number of hydrogen-bond donors (Lipinski definition) is 1. The molecule has 1 aliphatic carbocycles. The van der Waals surface area contributed by atoms with Gasteiger partial charge in [0, 0.05) is 32.2 Å². The lowest BCUT2D eigenvalue weighted by atomic mass is 10.2. The molecule has 116 valence electrons. The van der Waals surface area contributed by atoms with Crippen molar-refractivity contribution >= 4 is 10.0 Å². The molecule has 0 aromatic heterocycles. The SMILES string of the molecule is O=S(=O)(c1cc(CO)ccc1F)N1CCN(C2CC2)CC1. The fourth-order valence-electron chi connectivity index (χ4n) is 2.73. The molecule has 1 saturated carbocycles. The number of aliphatic hydroxyl groups excluding tert-OH is 1. The molecule has 5 nitrogen and oxygen atoms in total. The van der Waals surface area contributed by atoms with Gasteiger partial charge in [-0.3, -0.25) is 4.90 Å². The average Bonchev–Trinajstić information content (AvgIpc) is 3.32. The Morgan fingerprint density at radius 1 is 1.19 bits per heavy atom. The fourth-order valence-corrected chi connectivity index (χ4v) is 4.27. The van der Waals surface area contributed by atoms with Gasteiger partial charge in [-0.1, -0.05) is 6.07 Å². The summed E-state index contributed by atoms with van der Waals surface area (Å²) in [6.45, 7) is 1.87. The molecular formula is C14H19FN2O3S. The van der Waals surface area contributed by atoms with Crippen LogP contribution in [0.2, 0.25) is 0 Å². The van der Waals surface area contributed by atoms with Crippen LogP contribution in [0.15, 0.2) is 23.1 Å². The molecule has 3 rings (SSSR count). The van der Waals surface area contributed by atoms with Crippen LogP contribution in [0.1, 0.15) is 18.4 Å². The Bertz CT molecular complexity index is 623. The van der Waals surface area contributed by atoms with Gasteiger partial charge in [0.25, 0.3) is 0 Å². The lowest BCUT2D eigenvalue weighted by Crippen LogP contribution is -2.49. The molecule has 7 heteroatoms. The normalized spacial score (nSPS) is 21.6. The van der Waals surface area contributed by atoms with Crippen LogP contribution in [0.25, 0.3) is 0 Å². The highest BCUT2D eigenvalue weighted by Gasteiger charge is 2.35. The average molecular weight is 314 g/mol. The number of piperazine rings is 1. The van der Waals surface area contributed by atoms with E-state index in [0.717, 1.165) is 6.07 Å². The fraction of sp³-hybridized carbons (Fsp3) is 0.571. The molecule has 1 saturated heterocycles. The van der Waals surface area contributed by atoms with E-state index in [0.29, 0.717) is 37.8 Å². The van der Waals surface area contributed by atoms with E-state index in [1.807, 2.05) is 0 Å². The largest absolute Gasteiger partial charge is 0.392 e. The Balaban J connectivity index is 1.80. The van der Waals surface area contributed by atoms with Crippen LogP contribution in [0.4, 0.5) is 4.39 Å². The zero-order valence-corrected chi connectivity index (χ0v) is 12.5. The van der Waals surface area contributed by atoms with Crippen molar-refractivity contribution in [2.45, 2.75) is 30.4 Å². The molecule has 21 heavy (non-hydrogen) atoms. The van der Waals surface area contributed by atoms with Gasteiger partial charge in [-0.15, -0.1) is 0 Å². The summed E-state index contributed by atoms with van der Waals surface area (Å²) in [7, 11) is -3.83. The number of rotatable bonds is 4. The van der Waals surface area contributed by atoms with Gasteiger partial charge in [0.1, 0.15) is 10.7 Å². The van der Waals surface area contributed by atoms with Gasteiger partial charge in [-0.05, 0) is 30.5 Å². The highest BCUT2D eigenvalue weighted by molar-refractivity contribution is 7.89. The van der Waals surface area contributed by atoms with Crippen LogP contribution >= 0.6 is 0 Å². The Kier molecular flexibility index (Phi) is 4.00. The summed E-state index contributed by atoms with van der Waals surface area (Å²) in [6.07, 6.45) is 2.39. The Labute approximate surface area is 124 Å². The van der Waals surface area contributed by atoms with E-state index >= 15 is 0 Å². The highest BCUT2D eigenvalue weighted by atomic mass is 32.2. The standard InChI is InChI=1S/C14H19FN2O3S/c15-13-4-1-11(10-18)9-14(13)21(19,20)17-7-5-16(6-8-17)12-2-3-12/h1,4,9,12,18H,2-3,5-8,10H2. The minimum Gasteiger partial charge on any atom is -0.392 e. The van der Waals surface area contributed by atoms with Crippen LogP contribution in [0.5, 0.6) is 0 Å². The van der Waals surface area contributed by atoms with Crippen molar-refractivity contribution in [2.75, 3.05) is 26.2 Å². The maximum Gasteiger partial charge on any atom is 0.246 e. The first-order valence-corrected chi connectivity index (χ1v) is 8.60. The lowest BCUT2D eigenvalue weighted by molar-refractivity contribution is 0.180. The number of nitrogens with zero attached hydrogens (tertiary/aromatic N) is 2. The number of aliphatic hydroxyl groups is 1. The summed E-state index contributed by atoms with van der Waals surface area (Å²) < 4.78 is 40.3. The van der Waals surface area contributed by atoms with Crippen molar-refractivity contribution in [3.8, 4) is 0 Å². The minimum absolute atomic E-state index is 0.307. The Morgan fingerprint density at radius 3 is 2.43 bits per heavy atom. The van der Waals surface area contributed by atoms with Crippen LogP contribution in [-0.2, 0) is 16.6 Å². The summed E-state index contributed by atoms with van der Waals surface area (Å²) in [5, 5.41) is 9.09. The lowest BCUT2D eigenvalue weighted by Gasteiger charge is -2.34. The van der Waals surface area contributed by atoms with Gasteiger partial charge in [-0.25, -0.2) is 12.8 Å². The number of benzene rings is 1. The van der Waals surface area contributed by atoms with Gasteiger partial charge < -0.3 is 5.11 Å². The molecule has 2 aliphatic rings. The minimum atomic E-state index is -3.83. The number of halogens is 1. The van der Waals surface area contributed by atoms with E-state index in [1.165, 1.54) is 29.3 Å². The summed E-state index contributed by atoms with van der Waals surface area (Å²) in [4.78, 5) is 1.96. The van der Waals surface area contributed by atoms with Crippen molar-refractivity contribution < 1.29 is 17.9 Å². The first-order valence-electron chi connectivity index (χ1n) is 7.16. The van der Waals surface area contributed by atoms with Gasteiger partial charge in [0.15, 0.2) is 0 Å². The molecule has 0 amide bonds. The van der Waals surface area contributed by atoms with Crippen LogP contribution in [-0.4, -0.2) is 55.0 Å². The van der Waals surface area contributed by atoms with Gasteiger partial charge in [0.05, 0.1) is 6.61 Å². The summed E-state index contributed by atoms with van der Waals surface area (Å²) in [5.74, 6) is -0.767. The van der Waals surface area contributed by atoms with Crippen molar-refractivity contribution in [1.82, 2.24) is 9.21 Å². The van der Waals surface area contributed by atoms with E-state index in [9.17, 15) is 12.8 Å². The topological polar surface area (TPSA) is 60.9 Å². The first kappa shape index (κ1) is 14.9. The molecule has 0 atom stereocenters. The first-order chi connectivity index (χ1) is 10.0. The second kappa shape index (κ2) is 5.64. The van der Waals surface area contributed by atoms with E-state index in [2.05, 4.69) is 4.90 Å². The third-order valence-corrected chi connectivity index (χ3v) is 6.05. The van der Waals surface area contributed by atoms with E-state index in [-0.39, 0.29) is 11.5 Å². The molecule has 1 aromatic rings. The summed E-state index contributed by atoms with van der Waals surface area (Å²) in [5.41, 5.74) is 0.395. The van der Waals surface area contributed by atoms with E-state index < -0.39 is 15.8 Å². The van der Waals surface area contributed by atoms with E-state index in [4.69, 9.17) is 5.11 Å². The van der Waals surface area contributed by atoms with Crippen molar-refractivity contribution in [3.63, 3.8) is 0 Å². The maximum atomic E-state index is 13.9. The Hall–Kier alpha value is -1.02. The van der Waals surface area contributed by atoms with Crippen LogP contribution in [0, 0.1) is 5.82 Å². The predicted octanol–water partition coefficient (Wildman–Crippen LogP) is 0.787. The summed E-state index contributed by atoms with van der Waals surface area (Å²) in [6, 6.07) is 4.32. The number of hydrogen-bond acceptors (Lipinski definition) is 4.